The van der Waals surface area contributed by atoms with E-state index < -0.39 is 5.82 Å². The summed E-state index contributed by atoms with van der Waals surface area (Å²) in [6.45, 7) is 8.24. The van der Waals surface area contributed by atoms with Crippen LogP contribution in [0.15, 0.2) is 18.2 Å². The molecule has 6 heteroatoms. The van der Waals surface area contributed by atoms with E-state index in [0.717, 1.165) is 39.0 Å². The molecular weight excluding hydrogens is 341 g/mol. The SMILES string of the molecule is C[C@@H](C1CCN(C(=O)c2cc(F)ccc2Cl)CC1)N1CCN(C)CC1. The Kier molecular flexibility index (Phi) is 5.97. The van der Waals surface area contributed by atoms with E-state index in [4.69, 9.17) is 11.6 Å². The zero-order valence-electron chi connectivity index (χ0n) is 15.0. The van der Waals surface area contributed by atoms with E-state index in [1.807, 2.05) is 4.90 Å². The van der Waals surface area contributed by atoms with Gasteiger partial charge in [-0.2, -0.15) is 0 Å². The van der Waals surface area contributed by atoms with E-state index in [9.17, 15) is 9.18 Å². The fourth-order valence-electron chi connectivity index (χ4n) is 3.94. The molecule has 138 valence electrons. The van der Waals surface area contributed by atoms with Gasteiger partial charge in [0.15, 0.2) is 0 Å². The lowest BCUT2D eigenvalue weighted by atomic mass is 9.88. The first-order valence-electron chi connectivity index (χ1n) is 9.12. The van der Waals surface area contributed by atoms with Crippen LogP contribution in [0.5, 0.6) is 0 Å². The van der Waals surface area contributed by atoms with Gasteiger partial charge in [0.25, 0.3) is 5.91 Å². The summed E-state index contributed by atoms with van der Waals surface area (Å²) < 4.78 is 13.4. The zero-order valence-corrected chi connectivity index (χ0v) is 15.8. The molecule has 0 spiro atoms. The minimum atomic E-state index is -0.425. The van der Waals surface area contributed by atoms with E-state index in [-0.39, 0.29) is 11.5 Å². The maximum Gasteiger partial charge on any atom is 0.255 e. The predicted molar refractivity (Wildman–Crippen MR) is 98.6 cm³/mol. The minimum Gasteiger partial charge on any atom is -0.339 e. The summed E-state index contributed by atoms with van der Waals surface area (Å²) in [5, 5.41) is 0.319. The smallest absolute Gasteiger partial charge is 0.255 e. The number of nitrogens with zero attached hydrogens (tertiary/aromatic N) is 3. The Morgan fingerprint density at radius 3 is 2.44 bits per heavy atom. The van der Waals surface area contributed by atoms with Crippen molar-refractivity contribution in [1.29, 1.82) is 0 Å². The van der Waals surface area contributed by atoms with E-state index >= 15 is 0 Å². The number of hydrogen-bond donors (Lipinski definition) is 0. The van der Waals surface area contributed by atoms with Crippen LogP contribution in [0.1, 0.15) is 30.1 Å². The van der Waals surface area contributed by atoms with E-state index in [0.29, 0.717) is 30.1 Å². The number of carbonyl (C=O) groups is 1. The van der Waals surface area contributed by atoms with Gasteiger partial charge >= 0.3 is 0 Å². The number of carbonyl (C=O) groups excluding carboxylic acids is 1. The van der Waals surface area contributed by atoms with Crippen LogP contribution in [0.2, 0.25) is 5.02 Å². The van der Waals surface area contributed by atoms with Crippen molar-refractivity contribution in [2.45, 2.75) is 25.8 Å². The van der Waals surface area contributed by atoms with Crippen molar-refractivity contribution in [3.63, 3.8) is 0 Å². The number of likely N-dealkylation sites (N-methyl/N-ethyl adjacent to an activating group) is 1. The van der Waals surface area contributed by atoms with Crippen LogP contribution in [0.25, 0.3) is 0 Å². The van der Waals surface area contributed by atoms with Crippen molar-refractivity contribution >= 4 is 17.5 Å². The van der Waals surface area contributed by atoms with Crippen LogP contribution in [0, 0.1) is 11.7 Å². The van der Waals surface area contributed by atoms with Crippen LogP contribution in [0.4, 0.5) is 4.39 Å². The molecule has 3 rings (SSSR count). The first-order chi connectivity index (χ1) is 12.0. The van der Waals surface area contributed by atoms with Crippen LogP contribution in [0.3, 0.4) is 0 Å². The summed E-state index contributed by atoms with van der Waals surface area (Å²) in [6, 6.07) is 4.52. The summed E-state index contributed by atoms with van der Waals surface area (Å²) in [4.78, 5) is 19.4. The molecule has 0 saturated carbocycles. The molecule has 0 bridgehead atoms. The van der Waals surface area contributed by atoms with Gasteiger partial charge in [0.2, 0.25) is 0 Å². The predicted octanol–water partition coefficient (Wildman–Crippen LogP) is 2.97. The topological polar surface area (TPSA) is 26.8 Å². The molecule has 0 N–H and O–H groups in total. The Hall–Kier alpha value is -1.17. The van der Waals surface area contributed by atoms with Gasteiger partial charge in [0.1, 0.15) is 5.82 Å². The molecule has 2 heterocycles. The second-order valence-electron chi connectivity index (χ2n) is 7.33. The fraction of sp³-hybridized carbons (Fsp3) is 0.632. The Morgan fingerprint density at radius 1 is 1.16 bits per heavy atom. The fourth-order valence-corrected chi connectivity index (χ4v) is 4.14. The Bertz CT molecular complexity index is 611. The van der Waals surface area contributed by atoms with E-state index in [2.05, 4.69) is 23.8 Å². The van der Waals surface area contributed by atoms with Crippen molar-refractivity contribution in [3.8, 4) is 0 Å². The molecule has 2 aliphatic rings. The minimum absolute atomic E-state index is 0.157. The van der Waals surface area contributed by atoms with E-state index in [1.54, 1.807) is 0 Å². The first-order valence-corrected chi connectivity index (χ1v) is 9.50. The Balaban J connectivity index is 1.56. The lowest BCUT2D eigenvalue weighted by molar-refractivity contribution is 0.0500. The largest absolute Gasteiger partial charge is 0.339 e. The number of amides is 1. The lowest BCUT2D eigenvalue weighted by Crippen LogP contribution is -2.52. The number of piperazine rings is 1. The number of hydrogen-bond acceptors (Lipinski definition) is 3. The third kappa shape index (κ3) is 4.33. The highest BCUT2D eigenvalue weighted by molar-refractivity contribution is 6.33. The van der Waals surface area contributed by atoms with Crippen LogP contribution in [-0.2, 0) is 0 Å². The molecule has 0 aromatic heterocycles. The van der Waals surface area contributed by atoms with Crippen molar-refractivity contribution in [2.24, 2.45) is 5.92 Å². The molecule has 0 unspecified atom stereocenters. The average Bonchev–Trinajstić information content (AvgIpc) is 2.63. The Labute approximate surface area is 154 Å². The van der Waals surface area contributed by atoms with Gasteiger partial charge in [-0.1, -0.05) is 11.6 Å². The summed E-state index contributed by atoms with van der Waals surface area (Å²) in [6.07, 6.45) is 1.98. The maximum atomic E-state index is 13.4. The van der Waals surface area contributed by atoms with Gasteiger partial charge in [0.05, 0.1) is 10.6 Å². The molecule has 25 heavy (non-hydrogen) atoms. The van der Waals surface area contributed by atoms with Crippen molar-refractivity contribution < 1.29 is 9.18 Å². The Morgan fingerprint density at radius 2 is 1.80 bits per heavy atom. The summed E-state index contributed by atoms with van der Waals surface area (Å²) in [7, 11) is 2.17. The molecule has 1 aromatic rings. The molecule has 4 nitrogen and oxygen atoms in total. The van der Waals surface area contributed by atoms with Gasteiger partial charge in [-0.05, 0) is 50.9 Å². The molecule has 2 aliphatic heterocycles. The third-order valence-electron chi connectivity index (χ3n) is 5.78. The average molecular weight is 368 g/mol. The standard InChI is InChI=1S/C19H27ClFN3O/c1-14(23-11-9-22(2)10-12-23)15-5-7-24(8-6-15)19(25)17-13-16(21)3-4-18(17)20/h3-4,13-15H,5-12H2,1-2H3/t14-/m0/s1. The van der Waals surface area contributed by atoms with Gasteiger partial charge < -0.3 is 9.80 Å². The summed E-state index contributed by atoms with van der Waals surface area (Å²) in [5.41, 5.74) is 0.271. The second-order valence-corrected chi connectivity index (χ2v) is 7.74. The quantitative estimate of drug-likeness (QED) is 0.821. The maximum absolute atomic E-state index is 13.4. The van der Waals surface area contributed by atoms with Gasteiger partial charge in [-0.25, -0.2) is 4.39 Å². The molecule has 1 atom stereocenters. The number of piperidine rings is 1. The van der Waals surface area contributed by atoms with Crippen molar-refractivity contribution in [2.75, 3.05) is 46.3 Å². The normalized spacial score (nSPS) is 22.2. The molecule has 0 aliphatic carbocycles. The molecular formula is C19H27ClFN3O. The number of rotatable bonds is 3. The second kappa shape index (κ2) is 8.02. The van der Waals surface area contributed by atoms with Crippen molar-refractivity contribution in [1.82, 2.24) is 14.7 Å². The number of likely N-dealkylation sites (tertiary alicyclic amines) is 1. The molecule has 2 saturated heterocycles. The molecule has 0 radical (unpaired) electrons. The number of halogens is 2. The lowest BCUT2D eigenvalue weighted by Gasteiger charge is -2.42. The van der Waals surface area contributed by atoms with E-state index in [1.165, 1.54) is 18.2 Å². The highest BCUT2D eigenvalue weighted by Gasteiger charge is 2.31. The monoisotopic (exact) mass is 367 g/mol. The van der Waals surface area contributed by atoms with Crippen LogP contribution < -0.4 is 0 Å². The molecule has 1 aromatic carbocycles. The molecule has 1 amide bonds. The third-order valence-corrected chi connectivity index (χ3v) is 6.11. The van der Waals surface area contributed by atoms with Crippen LogP contribution >= 0.6 is 11.6 Å². The van der Waals surface area contributed by atoms with Gasteiger partial charge in [-0.3, -0.25) is 9.69 Å². The first kappa shape index (κ1) is 18.6. The number of benzene rings is 1. The highest BCUT2D eigenvalue weighted by atomic mass is 35.5. The van der Waals surface area contributed by atoms with Crippen LogP contribution in [-0.4, -0.2) is 73.0 Å². The van der Waals surface area contributed by atoms with Crippen molar-refractivity contribution in [3.05, 3.63) is 34.6 Å². The van der Waals surface area contributed by atoms with Gasteiger partial charge in [0, 0.05) is 45.3 Å². The zero-order chi connectivity index (χ0) is 18.0. The summed E-state index contributed by atoms with van der Waals surface area (Å²) in [5.74, 6) is 0.0250. The van der Waals surface area contributed by atoms with Gasteiger partial charge in [-0.15, -0.1) is 0 Å². The summed E-state index contributed by atoms with van der Waals surface area (Å²) >= 11 is 6.08. The molecule has 2 fully saturated rings. The highest BCUT2D eigenvalue weighted by Crippen LogP contribution is 2.27.